The summed E-state index contributed by atoms with van der Waals surface area (Å²) >= 11 is 0. The Morgan fingerprint density at radius 1 is 1.35 bits per heavy atom. The number of nitrogens with zero attached hydrogens (tertiary/aromatic N) is 3. The second-order valence-corrected chi connectivity index (χ2v) is 5.65. The topological polar surface area (TPSA) is 80.5 Å². The van der Waals surface area contributed by atoms with E-state index in [9.17, 15) is 10.1 Å². The number of nitrogens with one attached hydrogen (secondary N) is 1. The Morgan fingerprint density at radius 3 is 2.87 bits per heavy atom. The molecule has 0 spiro atoms. The van der Waals surface area contributed by atoms with E-state index in [2.05, 4.69) is 15.2 Å². The first-order chi connectivity index (χ1) is 11.1. The zero-order chi connectivity index (χ0) is 16.2. The molecular formula is C16H20N4O3. The summed E-state index contributed by atoms with van der Waals surface area (Å²) in [7, 11) is 0. The number of pyridine rings is 1. The van der Waals surface area contributed by atoms with Crippen molar-refractivity contribution in [1.82, 2.24) is 9.88 Å². The van der Waals surface area contributed by atoms with Crippen LogP contribution in [0.4, 0.5) is 11.4 Å². The van der Waals surface area contributed by atoms with Crippen LogP contribution < -0.4 is 5.32 Å². The number of hydrogen-bond acceptors (Lipinski definition) is 6. The Balaban J connectivity index is 1.77. The molecule has 0 aliphatic carbocycles. The molecule has 0 amide bonds. The van der Waals surface area contributed by atoms with Gasteiger partial charge in [-0.2, -0.15) is 0 Å². The molecule has 1 saturated heterocycles. The van der Waals surface area contributed by atoms with Gasteiger partial charge in [0.1, 0.15) is 0 Å². The number of anilines is 1. The molecule has 0 bridgehead atoms. The normalized spacial score (nSPS) is 15.7. The number of hydrogen-bond donors (Lipinski definition) is 1. The predicted octanol–water partition coefficient (Wildman–Crippen LogP) is 2.20. The molecule has 23 heavy (non-hydrogen) atoms. The first-order valence-corrected chi connectivity index (χ1v) is 7.73. The Labute approximate surface area is 134 Å². The lowest BCUT2D eigenvalue weighted by atomic mass is 10.1. The minimum atomic E-state index is -0.378. The number of morpholine rings is 1. The van der Waals surface area contributed by atoms with Crippen LogP contribution in [0.15, 0.2) is 24.3 Å². The Bertz CT molecular complexity index is 714. The Morgan fingerprint density at radius 2 is 2.13 bits per heavy atom. The maximum atomic E-state index is 11.0. The molecule has 0 saturated carbocycles. The van der Waals surface area contributed by atoms with Crippen LogP contribution in [0.25, 0.3) is 10.9 Å². The molecule has 2 heterocycles. The van der Waals surface area contributed by atoms with Crippen LogP contribution >= 0.6 is 0 Å². The number of aryl methyl sites for hydroxylation is 1. The highest BCUT2D eigenvalue weighted by molar-refractivity contribution is 5.93. The summed E-state index contributed by atoms with van der Waals surface area (Å²) < 4.78 is 5.34. The van der Waals surface area contributed by atoms with Crippen molar-refractivity contribution in [1.29, 1.82) is 0 Å². The van der Waals surface area contributed by atoms with Crippen LogP contribution in [0.3, 0.4) is 0 Å². The van der Waals surface area contributed by atoms with Crippen molar-refractivity contribution in [3.63, 3.8) is 0 Å². The molecule has 7 nitrogen and oxygen atoms in total. The smallest absolute Gasteiger partial charge is 0.270 e. The minimum Gasteiger partial charge on any atom is -0.383 e. The lowest BCUT2D eigenvalue weighted by molar-refractivity contribution is -0.384. The molecule has 0 unspecified atom stereocenters. The fraction of sp³-hybridized carbons (Fsp3) is 0.438. The zero-order valence-electron chi connectivity index (χ0n) is 13.1. The largest absolute Gasteiger partial charge is 0.383 e. The summed E-state index contributed by atoms with van der Waals surface area (Å²) in [5, 5.41) is 15.2. The van der Waals surface area contributed by atoms with E-state index in [1.54, 1.807) is 12.1 Å². The molecule has 1 aliphatic heterocycles. The number of benzene rings is 1. The summed E-state index contributed by atoms with van der Waals surface area (Å²) in [6.45, 7) is 7.08. The van der Waals surface area contributed by atoms with Gasteiger partial charge in [-0.25, -0.2) is 0 Å². The van der Waals surface area contributed by atoms with Gasteiger partial charge in [0.25, 0.3) is 5.69 Å². The molecule has 1 aromatic heterocycles. The second-order valence-electron chi connectivity index (χ2n) is 5.65. The number of non-ortho nitro benzene ring substituents is 1. The predicted molar refractivity (Wildman–Crippen MR) is 88.9 cm³/mol. The van der Waals surface area contributed by atoms with E-state index in [0.29, 0.717) is 0 Å². The molecule has 0 radical (unpaired) electrons. The van der Waals surface area contributed by atoms with Gasteiger partial charge in [-0.3, -0.25) is 20.0 Å². The van der Waals surface area contributed by atoms with Crippen LogP contribution in [0, 0.1) is 17.0 Å². The third kappa shape index (κ3) is 3.75. The average molecular weight is 316 g/mol. The number of fused-ring (bicyclic) bond motifs is 1. The SMILES string of the molecule is Cc1cc(NCCN2CCOCC2)c2cc([N+](=O)[O-])ccc2n1. The van der Waals surface area contributed by atoms with E-state index >= 15 is 0 Å². The highest BCUT2D eigenvalue weighted by Crippen LogP contribution is 2.27. The number of nitro benzene ring substituents is 1. The van der Waals surface area contributed by atoms with Gasteiger partial charge in [0.2, 0.25) is 0 Å². The van der Waals surface area contributed by atoms with E-state index in [4.69, 9.17) is 4.74 Å². The van der Waals surface area contributed by atoms with Gasteiger partial charge >= 0.3 is 0 Å². The number of aromatic nitrogens is 1. The van der Waals surface area contributed by atoms with Crippen molar-refractivity contribution in [2.75, 3.05) is 44.7 Å². The standard InChI is InChI=1S/C16H20N4O3/c1-12-10-16(17-4-5-19-6-8-23-9-7-19)14-11-13(20(21)22)2-3-15(14)18-12/h2-3,10-11H,4-9H2,1H3,(H,17,18). The van der Waals surface area contributed by atoms with Gasteiger partial charge in [0, 0.05) is 55.1 Å². The molecule has 1 fully saturated rings. The summed E-state index contributed by atoms with van der Waals surface area (Å²) in [4.78, 5) is 17.4. The molecule has 0 atom stereocenters. The van der Waals surface area contributed by atoms with E-state index < -0.39 is 0 Å². The van der Waals surface area contributed by atoms with Crippen molar-refractivity contribution < 1.29 is 9.66 Å². The fourth-order valence-electron chi connectivity index (χ4n) is 2.78. The van der Waals surface area contributed by atoms with Gasteiger partial charge in [-0.15, -0.1) is 0 Å². The molecular weight excluding hydrogens is 296 g/mol. The van der Waals surface area contributed by atoms with Gasteiger partial charge < -0.3 is 10.1 Å². The van der Waals surface area contributed by atoms with Gasteiger partial charge in [-0.1, -0.05) is 0 Å². The molecule has 1 aliphatic rings. The van der Waals surface area contributed by atoms with E-state index in [0.717, 1.165) is 61.7 Å². The average Bonchev–Trinajstić information content (AvgIpc) is 2.55. The van der Waals surface area contributed by atoms with Crippen LogP contribution in [0.5, 0.6) is 0 Å². The maximum Gasteiger partial charge on any atom is 0.270 e. The zero-order valence-corrected chi connectivity index (χ0v) is 13.1. The number of nitro groups is 1. The van der Waals surface area contributed by atoms with E-state index in [-0.39, 0.29) is 10.6 Å². The molecule has 1 aromatic carbocycles. The molecule has 2 aromatic rings. The summed E-state index contributed by atoms with van der Waals surface area (Å²) in [5.74, 6) is 0. The third-order valence-electron chi connectivity index (χ3n) is 3.98. The van der Waals surface area contributed by atoms with E-state index in [1.807, 2.05) is 13.0 Å². The summed E-state index contributed by atoms with van der Waals surface area (Å²) in [5.41, 5.74) is 2.63. The summed E-state index contributed by atoms with van der Waals surface area (Å²) in [6.07, 6.45) is 0. The number of ether oxygens (including phenoxy) is 1. The maximum absolute atomic E-state index is 11.0. The van der Waals surface area contributed by atoms with Crippen molar-refractivity contribution >= 4 is 22.3 Å². The van der Waals surface area contributed by atoms with E-state index in [1.165, 1.54) is 6.07 Å². The summed E-state index contributed by atoms with van der Waals surface area (Å²) in [6, 6.07) is 6.71. The minimum absolute atomic E-state index is 0.0828. The van der Waals surface area contributed by atoms with Crippen molar-refractivity contribution in [2.24, 2.45) is 0 Å². The molecule has 1 N–H and O–H groups in total. The van der Waals surface area contributed by atoms with Crippen molar-refractivity contribution in [2.45, 2.75) is 6.92 Å². The molecule has 122 valence electrons. The first-order valence-electron chi connectivity index (χ1n) is 7.73. The number of rotatable bonds is 5. The highest BCUT2D eigenvalue weighted by Gasteiger charge is 2.12. The van der Waals surface area contributed by atoms with Gasteiger partial charge in [-0.05, 0) is 19.1 Å². The van der Waals surface area contributed by atoms with Crippen molar-refractivity contribution in [3.05, 3.63) is 40.1 Å². The monoisotopic (exact) mass is 316 g/mol. The van der Waals surface area contributed by atoms with Gasteiger partial charge in [0.05, 0.1) is 23.7 Å². The quantitative estimate of drug-likeness (QED) is 0.673. The Kier molecular flexibility index (Phi) is 4.68. The molecule has 7 heteroatoms. The third-order valence-corrected chi connectivity index (χ3v) is 3.98. The first kappa shape index (κ1) is 15.6. The lowest BCUT2D eigenvalue weighted by Crippen LogP contribution is -2.39. The van der Waals surface area contributed by atoms with Crippen LogP contribution in [0.2, 0.25) is 0 Å². The lowest BCUT2D eigenvalue weighted by Gasteiger charge is -2.26. The highest BCUT2D eigenvalue weighted by atomic mass is 16.6. The fourth-order valence-corrected chi connectivity index (χ4v) is 2.78. The van der Waals surface area contributed by atoms with Crippen LogP contribution in [0.1, 0.15) is 5.69 Å². The van der Waals surface area contributed by atoms with Crippen molar-refractivity contribution in [3.8, 4) is 0 Å². The Hall–Kier alpha value is -2.25. The second kappa shape index (κ2) is 6.89. The molecule has 3 rings (SSSR count). The van der Waals surface area contributed by atoms with Crippen LogP contribution in [-0.4, -0.2) is 54.2 Å². The van der Waals surface area contributed by atoms with Crippen LogP contribution in [-0.2, 0) is 4.74 Å². The van der Waals surface area contributed by atoms with Gasteiger partial charge in [0.15, 0.2) is 0 Å².